The van der Waals surface area contributed by atoms with Crippen molar-refractivity contribution in [2.24, 2.45) is 39.9 Å². The molecule has 6 fully saturated rings. The number of piperidine rings is 1. The van der Waals surface area contributed by atoms with Crippen molar-refractivity contribution in [1.82, 2.24) is 5.32 Å². The Kier molecular flexibility index (Phi) is 2.31. The van der Waals surface area contributed by atoms with Gasteiger partial charge in [-0.25, -0.2) is 0 Å². The van der Waals surface area contributed by atoms with Crippen LogP contribution in [0.4, 0.5) is 0 Å². The number of carbonyl (C=O) groups excluding carboxylic acids is 1. The number of fused-ring (bicyclic) bond motifs is 1. The molecule has 1 saturated heterocycles. The Labute approximate surface area is 142 Å². The van der Waals surface area contributed by atoms with Crippen molar-refractivity contribution in [2.45, 2.75) is 57.3 Å². The Morgan fingerprint density at radius 2 is 2.08 bits per heavy atom. The number of nitrogens with one attached hydrogen (secondary N) is 1. The standard InChI is InChI=1S/C20H27NO3/c1-9-10-7-19(17(9)24)11-5-13-18(2)4-3-15(23)20(13,16(11)21-8-18)14(19)6-12(10)22/h10-11,13-17,21,23-24H,1,3-8H2,2H3/t10-,11?,13?,14?,15+,16?,17-,18+,19-,20+/m1/s1. The van der Waals surface area contributed by atoms with E-state index < -0.39 is 6.10 Å². The van der Waals surface area contributed by atoms with Crippen LogP contribution in [0.15, 0.2) is 12.2 Å². The third-order valence-corrected chi connectivity index (χ3v) is 9.77. The number of carbonyl (C=O) groups is 1. The van der Waals surface area contributed by atoms with E-state index in [1.54, 1.807) is 0 Å². The summed E-state index contributed by atoms with van der Waals surface area (Å²) >= 11 is 0. The monoisotopic (exact) mass is 329 g/mol. The van der Waals surface area contributed by atoms with Gasteiger partial charge in [-0.05, 0) is 54.4 Å². The van der Waals surface area contributed by atoms with Gasteiger partial charge in [0.05, 0.1) is 12.2 Å². The Bertz CT molecular complexity index is 690. The molecule has 1 heterocycles. The fourth-order valence-electron chi connectivity index (χ4n) is 9.05. The minimum Gasteiger partial charge on any atom is -0.392 e. The van der Waals surface area contributed by atoms with Crippen LogP contribution in [-0.4, -0.2) is 40.8 Å². The van der Waals surface area contributed by atoms with Crippen LogP contribution in [0.2, 0.25) is 0 Å². The first-order chi connectivity index (χ1) is 11.4. The maximum Gasteiger partial charge on any atom is 0.140 e. The van der Waals surface area contributed by atoms with Gasteiger partial charge in [0.1, 0.15) is 5.78 Å². The first-order valence-electron chi connectivity index (χ1n) is 9.68. The lowest BCUT2D eigenvalue weighted by molar-refractivity contribution is -0.191. The average molecular weight is 329 g/mol. The lowest BCUT2D eigenvalue weighted by atomic mass is 9.43. The van der Waals surface area contributed by atoms with Crippen molar-refractivity contribution >= 4 is 5.78 Å². The van der Waals surface area contributed by atoms with Gasteiger partial charge in [-0.2, -0.15) is 0 Å². The Morgan fingerprint density at radius 1 is 1.29 bits per heavy atom. The molecule has 5 saturated carbocycles. The summed E-state index contributed by atoms with van der Waals surface area (Å²) < 4.78 is 0. The highest BCUT2D eigenvalue weighted by Gasteiger charge is 2.84. The number of aliphatic hydroxyl groups excluding tert-OH is 2. The number of ketones is 1. The van der Waals surface area contributed by atoms with E-state index in [1.807, 2.05) is 0 Å². The molecular weight excluding hydrogens is 302 g/mol. The van der Waals surface area contributed by atoms with Gasteiger partial charge in [0.2, 0.25) is 0 Å². The topological polar surface area (TPSA) is 69.6 Å². The molecule has 4 unspecified atom stereocenters. The molecule has 6 aliphatic rings. The fourth-order valence-corrected chi connectivity index (χ4v) is 9.05. The average Bonchev–Trinajstić information content (AvgIpc) is 3.05. The first kappa shape index (κ1) is 14.5. The number of hydrogen-bond acceptors (Lipinski definition) is 4. The lowest BCUT2D eigenvalue weighted by Gasteiger charge is -2.63. The highest BCUT2D eigenvalue weighted by molar-refractivity contribution is 5.87. The Balaban J connectivity index is 1.61. The summed E-state index contributed by atoms with van der Waals surface area (Å²) in [6, 6.07) is 0.267. The molecule has 6 rings (SSSR count). The molecule has 7 bridgehead atoms. The third kappa shape index (κ3) is 1.12. The molecule has 24 heavy (non-hydrogen) atoms. The predicted octanol–water partition coefficient (Wildman–Crippen LogP) is 1.27. The molecule has 5 aliphatic carbocycles. The number of rotatable bonds is 0. The normalized spacial score (nSPS) is 66.0. The van der Waals surface area contributed by atoms with Crippen LogP contribution in [0, 0.1) is 39.9 Å². The van der Waals surface area contributed by atoms with Gasteiger partial charge in [-0.3, -0.25) is 4.79 Å². The second-order valence-corrected chi connectivity index (χ2v) is 10.0. The van der Waals surface area contributed by atoms with E-state index in [2.05, 4.69) is 18.8 Å². The SMILES string of the molecule is C=C1[C@H]2C[C@]3(C4CC5[C@@]6(C)CC[C@H](O)[C@@]5(C4NC6)C3CC2=O)[C@@H]1O. The van der Waals surface area contributed by atoms with Crippen molar-refractivity contribution in [2.75, 3.05) is 6.54 Å². The zero-order valence-electron chi connectivity index (χ0n) is 14.3. The summed E-state index contributed by atoms with van der Waals surface area (Å²) in [6.45, 7) is 7.50. The van der Waals surface area contributed by atoms with E-state index in [0.717, 1.165) is 37.8 Å². The van der Waals surface area contributed by atoms with Gasteiger partial charge in [0.25, 0.3) is 0 Å². The summed E-state index contributed by atoms with van der Waals surface area (Å²) in [5.41, 5.74) is 0.566. The molecule has 10 atom stereocenters. The Morgan fingerprint density at radius 3 is 2.88 bits per heavy atom. The van der Waals surface area contributed by atoms with E-state index >= 15 is 0 Å². The number of hydrogen-bond donors (Lipinski definition) is 3. The Hall–Kier alpha value is -0.710. The van der Waals surface area contributed by atoms with Crippen molar-refractivity contribution in [3.63, 3.8) is 0 Å². The van der Waals surface area contributed by atoms with Gasteiger partial charge in [-0.1, -0.05) is 13.5 Å². The summed E-state index contributed by atoms with van der Waals surface area (Å²) in [5.74, 6) is 1.12. The summed E-state index contributed by atoms with van der Waals surface area (Å²) in [7, 11) is 0. The van der Waals surface area contributed by atoms with Crippen LogP contribution in [0.1, 0.15) is 39.0 Å². The van der Waals surface area contributed by atoms with Crippen molar-refractivity contribution in [1.29, 1.82) is 0 Å². The van der Waals surface area contributed by atoms with Gasteiger partial charge < -0.3 is 15.5 Å². The zero-order chi connectivity index (χ0) is 16.6. The van der Waals surface area contributed by atoms with Crippen LogP contribution < -0.4 is 5.32 Å². The van der Waals surface area contributed by atoms with Crippen LogP contribution in [0.5, 0.6) is 0 Å². The smallest absolute Gasteiger partial charge is 0.140 e. The zero-order valence-corrected chi connectivity index (χ0v) is 14.3. The number of Topliss-reactive ketones (excluding diaryl/α,β-unsaturated/α-hetero) is 1. The molecule has 130 valence electrons. The molecule has 0 aromatic rings. The molecule has 4 nitrogen and oxygen atoms in total. The minimum atomic E-state index is -0.563. The second kappa shape index (κ2) is 3.84. The van der Waals surface area contributed by atoms with Gasteiger partial charge in [0.15, 0.2) is 0 Å². The highest BCUT2D eigenvalue weighted by atomic mass is 16.3. The molecule has 0 aromatic heterocycles. The number of aliphatic hydroxyl groups is 2. The van der Waals surface area contributed by atoms with Gasteiger partial charge in [0, 0.05) is 35.8 Å². The maximum absolute atomic E-state index is 12.8. The van der Waals surface area contributed by atoms with Gasteiger partial charge >= 0.3 is 0 Å². The lowest BCUT2D eigenvalue weighted by Crippen LogP contribution is -2.67. The van der Waals surface area contributed by atoms with E-state index in [4.69, 9.17) is 0 Å². The largest absolute Gasteiger partial charge is 0.392 e. The van der Waals surface area contributed by atoms with Crippen molar-refractivity contribution < 1.29 is 15.0 Å². The molecule has 3 N–H and O–H groups in total. The third-order valence-electron chi connectivity index (χ3n) is 9.77. The van der Waals surface area contributed by atoms with E-state index in [1.165, 1.54) is 0 Å². The molecule has 0 radical (unpaired) electrons. The first-order valence-corrected chi connectivity index (χ1v) is 9.68. The summed E-state index contributed by atoms with van der Waals surface area (Å²) in [6.07, 6.45) is 3.43. The molecule has 4 heteroatoms. The molecular formula is C20H27NO3. The molecule has 0 aromatic carbocycles. The summed E-state index contributed by atoms with van der Waals surface area (Å²) in [5, 5.41) is 26.2. The van der Waals surface area contributed by atoms with E-state index in [-0.39, 0.29) is 46.0 Å². The van der Waals surface area contributed by atoms with Crippen molar-refractivity contribution in [3.05, 3.63) is 12.2 Å². The van der Waals surface area contributed by atoms with Crippen LogP contribution in [0.3, 0.4) is 0 Å². The summed E-state index contributed by atoms with van der Waals surface area (Å²) in [4.78, 5) is 12.8. The van der Waals surface area contributed by atoms with Crippen LogP contribution >= 0.6 is 0 Å². The van der Waals surface area contributed by atoms with Crippen LogP contribution in [0.25, 0.3) is 0 Å². The highest BCUT2D eigenvalue weighted by Crippen LogP contribution is 2.81. The molecule has 2 spiro atoms. The van der Waals surface area contributed by atoms with Crippen LogP contribution in [-0.2, 0) is 4.79 Å². The fraction of sp³-hybridized carbons (Fsp3) is 0.850. The van der Waals surface area contributed by atoms with E-state index in [0.29, 0.717) is 18.3 Å². The molecule has 0 amide bonds. The van der Waals surface area contributed by atoms with E-state index in [9.17, 15) is 15.0 Å². The van der Waals surface area contributed by atoms with Crippen molar-refractivity contribution in [3.8, 4) is 0 Å². The second-order valence-electron chi connectivity index (χ2n) is 10.0. The maximum atomic E-state index is 12.8. The predicted molar refractivity (Wildman–Crippen MR) is 88.0 cm³/mol. The quantitative estimate of drug-likeness (QED) is 0.586. The minimum absolute atomic E-state index is 0.124. The van der Waals surface area contributed by atoms with Gasteiger partial charge in [-0.15, -0.1) is 0 Å². The molecule has 1 aliphatic heterocycles.